The van der Waals surface area contributed by atoms with Gasteiger partial charge in [-0.15, -0.1) is 0 Å². The van der Waals surface area contributed by atoms with Crippen LogP contribution in [0.2, 0.25) is 0 Å². The van der Waals surface area contributed by atoms with Crippen molar-refractivity contribution in [2.75, 3.05) is 0 Å². The number of carboxylic acids is 1. The first-order chi connectivity index (χ1) is 15.4. The second-order valence-corrected chi connectivity index (χ2v) is 8.00. The number of hydrogen-bond acceptors (Lipinski definition) is 4. The first kappa shape index (κ1) is 21.5. The minimum atomic E-state index is -1.07. The first-order valence-electron chi connectivity index (χ1n) is 10.5. The van der Waals surface area contributed by atoms with Crippen LogP contribution in [-0.2, 0) is 16.0 Å². The monoisotopic (exact) mass is 434 g/mol. The summed E-state index contributed by atoms with van der Waals surface area (Å²) >= 11 is 0. The number of aryl methyl sites for hydroxylation is 1. The molecule has 0 aliphatic heterocycles. The predicted octanol–water partition coefficient (Wildman–Crippen LogP) is 4.43. The van der Waals surface area contributed by atoms with Gasteiger partial charge in [0.1, 0.15) is 5.75 Å². The number of fused-ring (bicyclic) bond motifs is 1. The van der Waals surface area contributed by atoms with Crippen molar-refractivity contribution in [1.82, 2.24) is 10.3 Å². The number of benzene rings is 2. The van der Waals surface area contributed by atoms with Crippen molar-refractivity contribution in [3.05, 3.63) is 83.1 Å². The van der Waals surface area contributed by atoms with Crippen LogP contribution >= 0.6 is 0 Å². The Hall–Kier alpha value is -3.74. The molecule has 0 saturated heterocycles. The van der Waals surface area contributed by atoms with Crippen molar-refractivity contribution in [3.8, 4) is 5.75 Å². The molecule has 0 spiro atoms. The predicted molar refractivity (Wildman–Crippen MR) is 118 cm³/mol. The molecule has 3 N–H and O–H groups in total. The Morgan fingerprint density at radius 3 is 2.69 bits per heavy atom. The molecular weight excluding hydrogens is 411 g/mol. The summed E-state index contributed by atoms with van der Waals surface area (Å²) in [6.45, 7) is 0. The number of phenols is 1. The van der Waals surface area contributed by atoms with Crippen LogP contribution < -0.4 is 5.32 Å². The minimum Gasteiger partial charge on any atom is -0.508 e. The van der Waals surface area contributed by atoms with Gasteiger partial charge < -0.3 is 15.5 Å². The fourth-order valence-electron chi connectivity index (χ4n) is 4.20. The number of halogens is 1. The molecule has 0 radical (unpaired) electrons. The number of allylic oxidation sites excluding steroid dienone is 1. The van der Waals surface area contributed by atoms with Crippen molar-refractivity contribution in [1.29, 1.82) is 0 Å². The molecule has 2 aromatic carbocycles. The lowest BCUT2D eigenvalue weighted by molar-refractivity contribution is -0.133. The van der Waals surface area contributed by atoms with Gasteiger partial charge in [0.15, 0.2) is 0 Å². The van der Waals surface area contributed by atoms with Crippen molar-refractivity contribution in [2.45, 2.75) is 38.0 Å². The van der Waals surface area contributed by atoms with Gasteiger partial charge in [-0.2, -0.15) is 4.39 Å². The molecule has 32 heavy (non-hydrogen) atoms. The molecule has 1 heterocycles. The highest BCUT2D eigenvalue weighted by Crippen LogP contribution is 2.36. The lowest BCUT2D eigenvalue weighted by atomic mass is 9.83. The Morgan fingerprint density at radius 1 is 1.12 bits per heavy atom. The topological polar surface area (TPSA) is 99.5 Å². The number of amides is 1. The zero-order valence-corrected chi connectivity index (χ0v) is 17.3. The Bertz CT molecular complexity index is 1220. The third-order valence-electron chi connectivity index (χ3n) is 5.86. The van der Waals surface area contributed by atoms with Crippen molar-refractivity contribution in [2.24, 2.45) is 0 Å². The summed E-state index contributed by atoms with van der Waals surface area (Å²) in [5.41, 5.74) is 1.91. The molecule has 0 fully saturated rings. The zero-order chi connectivity index (χ0) is 22.7. The van der Waals surface area contributed by atoms with Crippen molar-refractivity contribution < 1.29 is 24.2 Å². The molecule has 0 saturated carbocycles. The lowest BCUT2D eigenvalue weighted by Gasteiger charge is -2.26. The number of nitrogens with one attached hydrogen (secondary N) is 1. The highest BCUT2D eigenvalue weighted by Gasteiger charge is 2.28. The third kappa shape index (κ3) is 4.77. The molecule has 1 amide bonds. The second-order valence-electron chi connectivity index (χ2n) is 8.00. The SMILES string of the molecule is O=C(CCc1ccc2cc(O)ccc2c1)NC1=C(C(=O)O)CCC(c2cccnc2F)C1. The molecule has 1 aliphatic carbocycles. The average Bonchev–Trinajstić information content (AvgIpc) is 2.77. The smallest absolute Gasteiger partial charge is 0.333 e. The summed E-state index contributed by atoms with van der Waals surface area (Å²) in [5, 5.41) is 23.8. The molecule has 0 bridgehead atoms. The minimum absolute atomic E-state index is 0.171. The summed E-state index contributed by atoms with van der Waals surface area (Å²) in [6, 6.07) is 14.2. The number of hydrogen-bond donors (Lipinski definition) is 3. The number of aliphatic carboxylic acids is 1. The molecule has 1 atom stereocenters. The van der Waals surface area contributed by atoms with Crippen LogP contribution in [0.1, 0.15) is 42.7 Å². The number of pyridine rings is 1. The Morgan fingerprint density at radius 2 is 1.91 bits per heavy atom. The largest absolute Gasteiger partial charge is 0.508 e. The van der Waals surface area contributed by atoms with Gasteiger partial charge >= 0.3 is 5.97 Å². The van der Waals surface area contributed by atoms with Crippen molar-refractivity contribution in [3.63, 3.8) is 0 Å². The van der Waals surface area contributed by atoms with E-state index in [1.807, 2.05) is 24.3 Å². The number of aromatic nitrogens is 1. The number of nitrogens with zero attached hydrogens (tertiary/aromatic N) is 1. The van der Waals surface area contributed by atoms with Gasteiger partial charge in [0.05, 0.1) is 5.57 Å². The van der Waals surface area contributed by atoms with E-state index in [4.69, 9.17) is 0 Å². The lowest BCUT2D eigenvalue weighted by Crippen LogP contribution is -2.29. The fraction of sp³-hybridized carbons (Fsp3) is 0.240. The van der Waals surface area contributed by atoms with E-state index in [-0.39, 0.29) is 42.4 Å². The number of aromatic hydroxyl groups is 1. The molecule has 1 aromatic heterocycles. The van der Waals surface area contributed by atoms with Gasteiger partial charge in [0.25, 0.3) is 0 Å². The van der Waals surface area contributed by atoms with E-state index in [1.54, 1.807) is 24.3 Å². The molecule has 4 rings (SSSR count). The Labute approximate surface area is 184 Å². The normalized spacial score (nSPS) is 16.2. The van der Waals surface area contributed by atoms with E-state index in [0.717, 1.165) is 16.3 Å². The first-order valence-corrected chi connectivity index (χ1v) is 10.5. The summed E-state index contributed by atoms with van der Waals surface area (Å²) < 4.78 is 14.1. The van der Waals surface area contributed by atoms with Crippen LogP contribution in [0.5, 0.6) is 5.75 Å². The highest BCUT2D eigenvalue weighted by molar-refractivity contribution is 5.89. The highest BCUT2D eigenvalue weighted by atomic mass is 19.1. The van der Waals surface area contributed by atoms with E-state index in [0.29, 0.717) is 24.1 Å². The van der Waals surface area contributed by atoms with E-state index in [2.05, 4.69) is 10.3 Å². The van der Waals surface area contributed by atoms with E-state index < -0.39 is 11.9 Å². The van der Waals surface area contributed by atoms with Crippen LogP contribution in [0, 0.1) is 5.95 Å². The number of carboxylic acid groups (broad SMARTS) is 1. The maximum atomic E-state index is 14.1. The fourth-order valence-corrected chi connectivity index (χ4v) is 4.20. The molecule has 164 valence electrons. The molecule has 6 nitrogen and oxygen atoms in total. The summed E-state index contributed by atoms with van der Waals surface area (Å²) in [4.78, 5) is 28.0. The molecule has 7 heteroatoms. The zero-order valence-electron chi connectivity index (χ0n) is 17.3. The summed E-state index contributed by atoms with van der Waals surface area (Å²) in [6.07, 6.45) is 3.02. The van der Waals surface area contributed by atoms with Crippen LogP contribution in [0.3, 0.4) is 0 Å². The van der Waals surface area contributed by atoms with Crippen molar-refractivity contribution >= 4 is 22.6 Å². The van der Waals surface area contributed by atoms with E-state index >= 15 is 0 Å². The Kier molecular flexibility index (Phi) is 6.16. The number of phenolic OH excluding ortho intramolecular Hbond substituents is 1. The standard InChI is InChI=1S/C25H23FN2O4/c26-24-20(2-1-11-27-24)18-7-9-21(25(31)32)22(14-18)28-23(30)10-4-15-3-5-17-13-19(29)8-6-16(17)12-15/h1-3,5-6,8,11-13,18,29H,4,7,9-10,14H2,(H,28,30)(H,31,32). The maximum Gasteiger partial charge on any atom is 0.333 e. The van der Waals surface area contributed by atoms with Crippen LogP contribution in [0.25, 0.3) is 10.8 Å². The summed E-state index contributed by atoms with van der Waals surface area (Å²) in [7, 11) is 0. The molecular formula is C25H23FN2O4. The maximum absolute atomic E-state index is 14.1. The third-order valence-corrected chi connectivity index (χ3v) is 5.86. The average molecular weight is 434 g/mol. The molecule has 1 aliphatic rings. The molecule has 1 unspecified atom stereocenters. The van der Waals surface area contributed by atoms with Gasteiger partial charge in [-0.3, -0.25) is 4.79 Å². The van der Waals surface area contributed by atoms with Crippen LogP contribution in [-0.4, -0.2) is 27.1 Å². The molecule has 3 aromatic rings. The Balaban J connectivity index is 1.44. The van der Waals surface area contributed by atoms with Crippen LogP contribution in [0.4, 0.5) is 4.39 Å². The van der Waals surface area contributed by atoms with E-state index in [9.17, 15) is 24.2 Å². The van der Waals surface area contributed by atoms with Gasteiger partial charge in [-0.25, -0.2) is 9.78 Å². The number of carbonyl (C=O) groups is 2. The van der Waals surface area contributed by atoms with E-state index in [1.165, 1.54) is 6.20 Å². The van der Waals surface area contributed by atoms with Gasteiger partial charge in [-0.1, -0.05) is 30.3 Å². The number of carbonyl (C=O) groups excluding carboxylic acids is 1. The van der Waals surface area contributed by atoms with Gasteiger partial charge in [0, 0.05) is 23.9 Å². The van der Waals surface area contributed by atoms with Gasteiger partial charge in [-0.05, 0) is 66.1 Å². The quantitative estimate of drug-likeness (QED) is 0.498. The number of rotatable bonds is 6. The van der Waals surface area contributed by atoms with Crippen LogP contribution in [0.15, 0.2) is 66.0 Å². The summed E-state index contributed by atoms with van der Waals surface area (Å²) in [5.74, 6) is -1.95. The van der Waals surface area contributed by atoms with Gasteiger partial charge in [0.2, 0.25) is 11.9 Å². The second kappa shape index (κ2) is 9.18.